The molecule has 0 heterocycles. The maximum Gasteiger partial charge on any atom is 0.223 e. The van der Waals surface area contributed by atoms with Gasteiger partial charge < -0.3 is 15.8 Å². The molecule has 1 fully saturated rings. The summed E-state index contributed by atoms with van der Waals surface area (Å²) in [6, 6.07) is 8.18. The molecule has 0 bridgehead atoms. The molecule has 0 aliphatic heterocycles. The van der Waals surface area contributed by atoms with Crippen molar-refractivity contribution < 1.29 is 9.53 Å². The van der Waals surface area contributed by atoms with Crippen molar-refractivity contribution in [3.63, 3.8) is 0 Å². The summed E-state index contributed by atoms with van der Waals surface area (Å²) in [5.74, 6) is 1.06. The van der Waals surface area contributed by atoms with Crippen LogP contribution < -0.4 is 15.8 Å². The first-order chi connectivity index (χ1) is 10.1. The van der Waals surface area contributed by atoms with Gasteiger partial charge in [0.25, 0.3) is 0 Å². The van der Waals surface area contributed by atoms with E-state index in [0.29, 0.717) is 6.54 Å². The second-order valence-corrected chi connectivity index (χ2v) is 5.98. The summed E-state index contributed by atoms with van der Waals surface area (Å²) in [4.78, 5) is 12.1. The lowest BCUT2D eigenvalue weighted by Crippen LogP contribution is -2.38. The minimum Gasteiger partial charge on any atom is -0.489 e. The van der Waals surface area contributed by atoms with Crippen LogP contribution in [0.2, 0.25) is 0 Å². The van der Waals surface area contributed by atoms with E-state index >= 15 is 0 Å². The van der Waals surface area contributed by atoms with Crippen LogP contribution >= 0.6 is 12.4 Å². The number of nitrogens with one attached hydrogen (secondary N) is 1. The van der Waals surface area contributed by atoms with Crippen LogP contribution in [-0.4, -0.2) is 24.6 Å². The Balaban J connectivity index is 0.00000242. The number of ether oxygens (including phenoxy) is 1. The summed E-state index contributed by atoms with van der Waals surface area (Å²) in [5.41, 5.74) is 7.03. The highest BCUT2D eigenvalue weighted by Gasteiger charge is 2.27. The minimum absolute atomic E-state index is 0. The Morgan fingerprint density at radius 1 is 1.45 bits per heavy atom. The van der Waals surface area contributed by atoms with E-state index in [2.05, 4.69) is 12.2 Å². The summed E-state index contributed by atoms with van der Waals surface area (Å²) in [7, 11) is 0. The molecule has 0 radical (unpaired) electrons. The Bertz CT molecular complexity index is 481. The third-order valence-corrected chi connectivity index (χ3v) is 4.10. The summed E-state index contributed by atoms with van der Waals surface area (Å²) in [6.45, 7) is 4.66. The van der Waals surface area contributed by atoms with E-state index in [1.54, 1.807) is 0 Å². The van der Waals surface area contributed by atoms with Crippen LogP contribution in [0.15, 0.2) is 24.3 Å². The van der Waals surface area contributed by atoms with Crippen LogP contribution in [0, 0.1) is 12.8 Å². The van der Waals surface area contributed by atoms with Crippen molar-refractivity contribution in [1.29, 1.82) is 0 Å². The van der Waals surface area contributed by atoms with Crippen molar-refractivity contribution in [3.8, 4) is 5.75 Å². The highest BCUT2D eigenvalue weighted by Crippen LogP contribution is 2.24. The van der Waals surface area contributed by atoms with Gasteiger partial charge in [-0.25, -0.2) is 0 Å². The van der Waals surface area contributed by atoms with E-state index in [4.69, 9.17) is 10.5 Å². The average Bonchev–Trinajstić information content (AvgIpc) is 2.90. The Hall–Kier alpha value is -1.26. The van der Waals surface area contributed by atoms with Gasteiger partial charge in [-0.15, -0.1) is 12.4 Å². The van der Waals surface area contributed by atoms with Crippen LogP contribution in [0.25, 0.3) is 0 Å². The summed E-state index contributed by atoms with van der Waals surface area (Å²) >= 11 is 0. The zero-order valence-electron chi connectivity index (χ0n) is 13.4. The predicted octanol–water partition coefficient (Wildman–Crippen LogP) is 2.82. The van der Waals surface area contributed by atoms with Gasteiger partial charge in [0.2, 0.25) is 5.91 Å². The molecule has 1 aromatic carbocycles. The van der Waals surface area contributed by atoms with Crippen molar-refractivity contribution in [2.24, 2.45) is 11.7 Å². The molecule has 124 valence electrons. The molecule has 3 unspecified atom stereocenters. The number of hydrogen-bond acceptors (Lipinski definition) is 3. The normalized spacial score (nSPS) is 21.8. The Morgan fingerprint density at radius 3 is 2.82 bits per heavy atom. The van der Waals surface area contributed by atoms with Crippen LogP contribution in [0.1, 0.15) is 38.2 Å². The second-order valence-electron chi connectivity index (χ2n) is 5.98. The fraction of sp³-hybridized carbons (Fsp3) is 0.588. The smallest absolute Gasteiger partial charge is 0.223 e. The first-order valence-electron chi connectivity index (χ1n) is 7.85. The van der Waals surface area contributed by atoms with Gasteiger partial charge in [-0.1, -0.05) is 19.1 Å². The van der Waals surface area contributed by atoms with E-state index < -0.39 is 0 Å². The molecule has 2 rings (SSSR count). The van der Waals surface area contributed by atoms with E-state index in [-0.39, 0.29) is 36.4 Å². The van der Waals surface area contributed by atoms with Gasteiger partial charge in [0.15, 0.2) is 0 Å². The first kappa shape index (κ1) is 18.8. The minimum atomic E-state index is 0. The lowest BCUT2D eigenvalue weighted by molar-refractivity contribution is -0.125. The molecule has 0 saturated heterocycles. The van der Waals surface area contributed by atoms with Crippen molar-refractivity contribution >= 4 is 18.3 Å². The lowest BCUT2D eigenvalue weighted by atomic mass is 10.1. The van der Waals surface area contributed by atoms with Crippen molar-refractivity contribution in [3.05, 3.63) is 29.8 Å². The van der Waals surface area contributed by atoms with Gasteiger partial charge in [-0.3, -0.25) is 4.79 Å². The topological polar surface area (TPSA) is 64.4 Å². The van der Waals surface area contributed by atoms with Crippen LogP contribution in [0.3, 0.4) is 0 Å². The molecule has 0 spiro atoms. The number of nitrogens with two attached hydrogens (primary N) is 1. The monoisotopic (exact) mass is 326 g/mol. The van der Waals surface area contributed by atoms with Gasteiger partial charge in [0.1, 0.15) is 11.9 Å². The van der Waals surface area contributed by atoms with Crippen LogP contribution in [0.4, 0.5) is 0 Å². The van der Waals surface area contributed by atoms with Gasteiger partial charge in [0.05, 0.1) is 6.54 Å². The number of rotatable bonds is 6. The fourth-order valence-corrected chi connectivity index (χ4v) is 2.76. The molecule has 5 heteroatoms. The maximum atomic E-state index is 12.1. The number of halogens is 1. The quantitative estimate of drug-likeness (QED) is 0.845. The molecule has 1 aromatic rings. The Labute approximate surface area is 139 Å². The highest BCUT2D eigenvalue weighted by atomic mass is 35.5. The predicted molar refractivity (Wildman–Crippen MR) is 91.5 cm³/mol. The molecular weight excluding hydrogens is 300 g/mol. The molecule has 0 aromatic heterocycles. The number of hydrogen-bond donors (Lipinski definition) is 2. The van der Waals surface area contributed by atoms with E-state index in [0.717, 1.165) is 31.4 Å². The molecule has 1 aliphatic rings. The molecule has 22 heavy (non-hydrogen) atoms. The molecule has 3 N–H and O–H groups in total. The standard InChI is InChI=1S/C17H26N2O2.ClH/c1-3-15(21-16-6-4-5-12(2)9-16)11-19-17(20)13-7-8-14(18)10-13;/h4-6,9,13-15H,3,7-8,10-11,18H2,1-2H3,(H,19,20);1H. The fourth-order valence-electron chi connectivity index (χ4n) is 2.76. The summed E-state index contributed by atoms with van der Waals surface area (Å²) in [6.07, 6.45) is 3.53. The van der Waals surface area contributed by atoms with Crippen molar-refractivity contribution in [2.45, 2.75) is 51.7 Å². The Kier molecular flexibility index (Phi) is 7.69. The lowest BCUT2D eigenvalue weighted by Gasteiger charge is -2.19. The zero-order valence-corrected chi connectivity index (χ0v) is 14.2. The number of amides is 1. The maximum absolute atomic E-state index is 12.1. The number of carbonyl (C=O) groups excluding carboxylic acids is 1. The first-order valence-corrected chi connectivity index (χ1v) is 7.85. The van der Waals surface area contributed by atoms with Crippen LogP contribution in [0.5, 0.6) is 5.75 Å². The second kappa shape index (κ2) is 9.01. The van der Waals surface area contributed by atoms with Gasteiger partial charge in [-0.05, 0) is 50.3 Å². The van der Waals surface area contributed by atoms with Gasteiger partial charge >= 0.3 is 0 Å². The number of carbonyl (C=O) groups is 1. The molecule has 1 saturated carbocycles. The largest absolute Gasteiger partial charge is 0.489 e. The van der Waals surface area contributed by atoms with Crippen molar-refractivity contribution in [1.82, 2.24) is 5.32 Å². The highest BCUT2D eigenvalue weighted by molar-refractivity contribution is 5.85. The Morgan fingerprint density at radius 2 is 2.23 bits per heavy atom. The molecule has 1 aliphatic carbocycles. The van der Waals surface area contributed by atoms with Gasteiger partial charge in [-0.2, -0.15) is 0 Å². The molecule has 3 atom stereocenters. The van der Waals surface area contributed by atoms with E-state index in [1.165, 1.54) is 5.56 Å². The summed E-state index contributed by atoms with van der Waals surface area (Å²) < 4.78 is 5.94. The summed E-state index contributed by atoms with van der Waals surface area (Å²) in [5, 5.41) is 3.01. The number of aryl methyl sites for hydroxylation is 1. The SMILES string of the molecule is CCC(CNC(=O)C1CCC(N)C1)Oc1cccc(C)c1.Cl. The number of benzene rings is 1. The average molecular weight is 327 g/mol. The van der Waals surface area contributed by atoms with E-state index in [1.807, 2.05) is 31.2 Å². The third kappa shape index (κ3) is 5.50. The van der Waals surface area contributed by atoms with Gasteiger partial charge in [0, 0.05) is 12.0 Å². The van der Waals surface area contributed by atoms with Crippen LogP contribution in [-0.2, 0) is 4.79 Å². The molecule has 1 amide bonds. The zero-order chi connectivity index (χ0) is 15.2. The molecular formula is C17H27ClN2O2. The third-order valence-electron chi connectivity index (χ3n) is 4.10. The van der Waals surface area contributed by atoms with Crippen molar-refractivity contribution in [2.75, 3.05) is 6.54 Å². The molecule has 4 nitrogen and oxygen atoms in total. The van der Waals surface area contributed by atoms with E-state index in [9.17, 15) is 4.79 Å².